The van der Waals surface area contributed by atoms with Crippen molar-refractivity contribution in [2.24, 2.45) is 0 Å². The van der Waals surface area contributed by atoms with E-state index in [-0.39, 0.29) is 22.7 Å². The lowest BCUT2D eigenvalue weighted by Crippen LogP contribution is -2.49. The molecule has 2 aromatic rings. The van der Waals surface area contributed by atoms with Crippen molar-refractivity contribution in [2.75, 3.05) is 45.3 Å². The van der Waals surface area contributed by atoms with Gasteiger partial charge in [-0.3, -0.25) is 14.9 Å². The fourth-order valence-corrected chi connectivity index (χ4v) is 3.04. The molecule has 1 fully saturated rings. The number of amides is 1. The number of nitrogens with zero attached hydrogens (tertiary/aromatic N) is 4. The van der Waals surface area contributed by atoms with Crippen molar-refractivity contribution in [3.05, 3.63) is 52.2 Å². The third-order valence-corrected chi connectivity index (χ3v) is 4.47. The van der Waals surface area contributed by atoms with E-state index >= 15 is 0 Å². The molecule has 0 spiro atoms. The molecule has 1 aromatic carbocycles. The third kappa shape index (κ3) is 3.76. The maximum atomic E-state index is 12.9. The number of aromatic nitrogens is 1. The monoisotopic (exact) mass is 372 g/mol. The number of anilines is 1. The van der Waals surface area contributed by atoms with Crippen molar-refractivity contribution in [1.29, 1.82) is 0 Å². The number of hydrogen-bond donors (Lipinski definition) is 0. The highest BCUT2D eigenvalue weighted by Gasteiger charge is 2.30. The van der Waals surface area contributed by atoms with Crippen LogP contribution >= 0.6 is 0 Å². The number of rotatable bonds is 5. The lowest BCUT2D eigenvalue weighted by Gasteiger charge is -2.35. The fraction of sp³-hybridized carbons (Fsp3) is 0.333. The molecule has 1 aliphatic heterocycles. The van der Waals surface area contributed by atoms with Gasteiger partial charge in [-0.1, -0.05) is 6.07 Å². The molecule has 0 atom stereocenters. The van der Waals surface area contributed by atoms with Crippen LogP contribution in [0, 0.1) is 10.1 Å². The first-order valence-electron chi connectivity index (χ1n) is 8.40. The molecule has 0 aliphatic carbocycles. The first-order valence-corrected chi connectivity index (χ1v) is 8.40. The number of benzene rings is 1. The van der Waals surface area contributed by atoms with Gasteiger partial charge in [0.1, 0.15) is 11.4 Å². The minimum Gasteiger partial charge on any atom is -0.493 e. The van der Waals surface area contributed by atoms with E-state index in [0.29, 0.717) is 26.2 Å². The molecule has 0 bridgehead atoms. The Balaban J connectivity index is 1.81. The minimum atomic E-state index is -0.584. The average molecular weight is 372 g/mol. The molecule has 3 rings (SSSR count). The second kappa shape index (κ2) is 7.90. The second-order valence-corrected chi connectivity index (χ2v) is 5.95. The Labute approximate surface area is 156 Å². The molecule has 0 saturated carbocycles. The zero-order valence-corrected chi connectivity index (χ0v) is 15.1. The predicted molar refractivity (Wildman–Crippen MR) is 98.6 cm³/mol. The highest BCUT2D eigenvalue weighted by molar-refractivity contribution is 5.99. The SMILES string of the molecule is COc1cc(C(=O)N2CCN(c3ccccn3)CC2)c([N+](=O)[O-])cc1OC. The molecule has 1 saturated heterocycles. The Morgan fingerprint density at radius 1 is 1.11 bits per heavy atom. The number of nitro groups is 1. The van der Waals surface area contributed by atoms with Crippen LogP contribution in [-0.2, 0) is 0 Å². The van der Waals surface area contributed by atoms with E-state index < -0.39 is 10.8 Å². The maximum Gasteiger partial charge on any atom is 0.286 e. The molecule has 9 nitrogen and oxygen atoms in total. The molecular weight excluding hydrogens is 352 g/mol. The van der Waals surface area contributed by atoms with Crippen molar-refractivity contribution in [2.45, 2.75) is 0 Å². The van der Waals surface area contributed by atoms with Gasteiger partial charge < -0.3 is 19.3 Å². The Hall–Kier alpha value is -3.36. The van der Waals surface area contributed by atoms with Gasteiger partial charge >= 0.3 is 0 Å². The fourth-order valence-electron chi connectivity index (χ4n) is 3.04. The summed E-state index contributed by atoms with van der Waals surface area (Å²) < 4.78 is 10.3. The van der Waals surface area contributed by atoms with Crippen LogP contribution < -0.4 is 14.4 Å². The molecule has 1 aromatic heterocycles. The zero-order chi connectivity index (χ0) is 19.4. The Bertz CT molecular complexity index is 835. The molecular formula is C18H20N4O5. The number of nitro benzene ring substituents is 1. The van der Waals surface area contributed by atoms with E-state index in [4.69, 9.17) is 9.47 Å². The van der Waals surface area contributed by atoms with E-state index in [0.717, 1.165) is 5.82 Å². The van der Waals surface area contributed by atoms with E-state index in [9.17, 15) is 14.9 Å². The normalized spacial score (nSPS) is 14.0. The van der Waals surface area contributed by atoms with Gasteiger partial charge in [0.05, 0.1) is 25.2 Å². The number of pyridine rings is 1. The Morgan fingerprint density at radius 2 is 1.78 bits per heavy atom. The van der Waals surface area contributed by atoms with Crippen LogP contribution in [0.3, 0.4) is 0 Å². The van der Waals surface area contributed by atoms with Gasteiger partial charge in [-0.05, 0) is 12.1 Å². The second-order valence-electron chi connectivity index (χ2n) is 5.95. The number of ether oxygens (including phenoxy) is 2. The summed E-state index contributed by atoms with van der Waals surface area (Å²) in [7, 11) is 2.81. The van der Waals surface area contributed by atoms with Gasteiger partial charge in [-0.15, -0.1) is 0 Å². The van der Waals surface area contributed by atoms with Gasteiger partial charge in [0.15, 0.2) is 11.5 Å². The molecule has 1 amide bonds. The van der Waals surface area contributed by atoms with Crippen LogP contribution in [0.5, 0.6) is 11.5 Å². The van der Waals surface area contributed by atoms with Crippen molar-refractivity contribution in [1.82, 2.24) is 9.88 Å². The first-order chi connectivity index (χ1) is 13.0. The summed E-state index contributed by atoms with van der Waals surface area (Å²) in [5, 5.41) is 11.4. The summed E-state index contributed by atoms with van der Waals surface area (Å²) in [6.45, 7) is 2.09. The Morgan fingerprint density at radius 3 is 2.33 bits per heavy atom. The topological polar surface area (TPSA) is 98.0 Å². The quantitative estimate of drug-likeness (QED) is 0.584. The largest absolute Gasteiger partial charge is 0.493 e. The molecule has 0 radical (unpaired) electrons. The van der Waals surface area contributed by atoms with Crippen LogP contribution in [0.4, 0.5) is 11.5 Å². The van der Waals surface area contributed by atoms with Gasteiger partial charge in [-0.25, -0.2) is 4.98 Å². The molecule has 2 heterocycles. The summed E-state index contributed by atoms with van der Waals surface area (Å²) in [6.07, 6.45) is 1.72. The van der Waals surface area contributed by atoms with Crippen molar-refractivity contribution in [3.63, 3.8) is 0 Å². The van der Waals surface area contributed by atoms with E-state index in [1.165, 1.54) is 26.4 Å². The van der Waals surface area contributed by atoms with Crippen LogP contribution in [0.15, 0.2) is 36.5 Å². The molecule has 27 heavy (non-hydrogen) atoms. The number of methoxy groups -OCH3 is 2. The smallest absolute Gasteiger partial charge is 0.286 e. The first kappa shape index (κ1) is 18.4. The minimum absolute atomic E-state index is 0.0102. The van der Waals surface area contributed by atoms with Gasteiger partial charge in [-0.2, -0.15) is 0 Å². The highest BCUT2D eigenvalue weighted by atomic mass is 16.6. The molecule has 0 unspecified atom stereocenters. The standard InChI is InChI=1S/C18H20N4O5/c1-26-15-11-13(14(22(24)25)12-16(15)27-2)18(23)21-9-7-20(8-10-21)17-5-3-4-6-19-17/h3-6,11-12H,7-10H2,1-2H3. The lowest BCUT2D eigenvalue weighted by atomic mass is 10.1. The highest BCUT2D eigenvalue weighted by Crippen LogP contribution is 2.35. The van der Waals surface area contributed by atoms with Crippen LogP contribution in [0.25, 0.3) is 0 Å². The summed E-state index contributed by atoms with van der Waals surface area (Å²) in [4.78, 5) is 31.8. The van der Waals surface area contributed by atoms with Gasteiger partial charge in [0.25, 0.3) is 11.6 Å². The lowest BCUT2D eigenvalue weighted by molar-refractivity contribution is -0.385. The number of piperazine rings is 1. The molecule has 142 valence electrons. The van der Waals surface area contributed by atoms with Crippen molar-refractivity contribution >= 4 is 17.4 Å². The van der Waals surface area contributed by atoms with Crippen LogP contribution in [0.1, 0.15) is 10.4 Å². The predicted octanol–water partition coefficient (Wildman–Crippen LogP) is 1.97. The van der Waals surface area contributed by atoms with Gasteiger partial charge in [0, 0.05) is 38.4 Å². The number of hydrogen-bond acceptors (Lipinski definition) is 7. The van der Waals surface area contributed by atoms with Gasteiger partial charge in [0.2, 0.25) is 0 Å². The average Bonchev–Trinajstić information content (AvgIpc) is 2.72. The van der Waals surface area contributed by atoms with Crippen LogP contribution in [-0.4, -0.2) is 61.1 Å². The summed E-state index contributed by atoms with van der Waals surface area (Å²) in [6, 6.07) is 8.25. The summed E-state index contributed by atoms with van der Waals surface area (Å²) in [5.41, 5.74) is -0.311. The molecule has 9 heteroatoms. The van der Waals surface area contributed by atoms with E-state index in [1.807, 2.05) is 18.2 Å². The molecule has 1 aliphatic rings. The van der Waals surface area contributed by atoms with E-state index in [2.05, 4.69) is 9.88 Å². The summed E-state index contributed by atoms with van der Waals surface area (Å²) >= 11 is 0. The number of carbonyl (C=O) groups excluding carboxylic acids is 1. The van der Waals surface area contributed by atoms with E-state index in [1.54, 1.807) is 11.1 Å². The van der Waals surface area contributed by atoms with Crippen molar-refractivity contribution in [3.8, 4) is 11.5 Å². The summed E-state index contributed by atoms with van der Waals surface area (Å²) in [5.74, 6) is 0.935. The third-order valence-electron chi connectivity index (χ3n) is 4.47. The number of carbonyl (C=O) groups is 1. The van der Waals surface area contributed by atoms with Crippen LogP contribution in [0.2, 0.25) is 0 Å². The van der Waals surface area contributed by atoms with Crippen molar-refractivity contribution < 1.29 is 19.2 Å². The molecule has 0 N–H and O–H groups in total. The maximum absolute atomic E-state index is 12.9. The Kier molecular flexibility index (Phi) is 5.39. The zero-order valence-electron chi connectivity index (χ0n) is 15.1.